The summed E-state index contributed by atoms with van der Waals surface area (Å²) in [6.07, 6.45) is 0. The topological polar surface area (TPSA) is 102 Å². The van der Waals surface area contributed by atoms with Gasteiger partial charge in [-0.2, -0.15) is 0 Å². The molecule has 3 N–H and O–H groups in total. The van der Waals surface area contributed by atoms with E-state index in [9.17, 15) is 14.5 Å². The average Bonchev–Trinajstić information content (AvgIpc) is 2.42. The third kappa shape index (κ3) is 2.97. The van der Waals surface area contributed by atoms with E-state index in [0.29, 0.717) is 11.1 Å². The fourth-order valence-electron chi connectivity index (χ4n) is 1.83. The van der Waals surface area contributed by atoms with Gasteiger partial charge in [0, 0.05) is 0 Å². The standard InChI is InChI=1S/C14H12FN3O3/c1-8-3-2-4-10(14(16)17)13(8)21-12-6-5-9(15)7-11(12)18(19)20/h2-7H,1H3,(H3,16,17). The summed E-state index contributed by atoms with van der Waals surface area (Å²) in [7, 11) is 0. The smallest absolute Gasteiger partial charge is 0.314 e. The molecule has 0 bridgehead atoms. The van der Waals surface area contributed by atoms with Gasteiger partial charge >= 0.3 is 5.69 Å². The second-order valence-corrected chi connectivity index (χ2v) is 4.34. The van der Waals surface area contributed by atoms with Crippen molar-refractivity contribution in [2.75, 3.05) is 0 Å². The molecule has 0 aromatic heterocycles. The van der Waals surface area contributed by atoms with Crippen molar-refractivity contribution in [1.29, 1.82) is 5.41 Å². The Labute approximate surface area is 119 Å². The van der Waals surface area contributed by atoms with Crippen molar-refractivity contribution in [2.24, 2.45) is 5.73 Å². The van der Waals surface area contributed by atoms with Crippen molar-refractivity contribution in [3.63, 3.8) is 0 Å². The molecular formula is C14H12FN3O3. The molecule has 0 saturated heterocycles. The van der Waals surface area contributed by atoms with Gasteiger partial charge in [0.1, 0.15) is 17.4 Å². The third-order valence-electron chi connectivity index (χ3n) is 2.83. The van der Waals surface area contributed by atoms with E-state index in [0.717, 1.165) is 12.1 Å². The first-order valence-corrected chi connectivity index (χ1v) is 5.96. The molecule has 2 rings (SSSR count). The highest BCUT2D eigenvalue weighted by molar-refractivity contribution is 5.98. The van der Waals surface area contributed by atoms with Crippen molar-refractivity contribution in [2.45, 2.75) is 6.92 Å². The molecule has 2 aromatic rings. The molecule has 0 spiro atoms. The van der Waals surface area contributed by atoms with Gasteiger partial charge in [-0.05, 0) is 30.7 Å². The van der Waals surface area contributed by atoms with Crippen LogP contribution in [0.5, 0.6) is 11.5 Å². The van der Waals surface area contributed by atoms with Crippen LogP contribution in [0, 0.1) is 28.3 Å². The van der Waals surface area contributed by atoms with Gasteiger partial charge < -0.3 is 10.5 Å². The molecule has 0 radical (unpaired) electrons. The van der Waals surface area contributed by atoms with E-state index in [2.05, 4.69) is 0 Å². The number of aryl methyl sites for hydroxylation is 1. The Morgan fingerprint density at radius 3 is 2.71 bits per heavy atom. The predicted molar refractivity (Wildman–Crippen MR) is 75.3 cm³/mol. The highest BCUT2D eigenvalue weighted by atomic mass is 19.1. The molecule has 0 aliphatic carbocycles. The SMILES string of the molecule is Cc1cccc(C(=N)N)c1Oc1ccc(F)cc1[N+](=O)[O-]. The molecule has 108 valence electrons. The van der Waals surface area contributed by atoms with Gasteiger partial charge in [0.05, 0.1) is 16.6 Å². The van der Waals surface area contributed by atoms with E-state index in [1.165, 1.54) is 6.07 Å². The number of nitro benzene ring substituents is 1. The van der Waals surface area contributed by atoms with Gasteiger partial charge in [-0.25, -0.2) is 4.39 Å². The summed E-state index contributed by atoms with van der Waals surface area (Å²) < 4.78 is 18.6. The summed E-state index contributed by atoms with van der Waals surface area (Å²) in [4.78, 5) is 10.2. The second kappa shape index (κ2) is 5.58. The van der Waals surface area contributed by atoms with Gasteiger partial charge in [0.25, 0.3) is 0 Å². The van der Waals surface area contributed by atoms with Crippen molar-refractivity contribution in [3.8, 4) is 11.5 Å². The molecule has 6 nitrogen and oxygen atoms in total. The van der Waals surface area contributed by atoms with Crippen LogP contribution in [0.4, 0.5) is 10.1 Å². The number of nitrogens with one attached hydrogen (secondary N) is 1. The Hall–Kier alpha value is -2.96. The lowest BCUT2D eigenvalue weighted by molar-refractivity contribution is -0.385. The zero-order chi connectivity index (χ0) is 15.6. The maximum atomic E-state index is 13.1. The summed E-state index contributed by atoms with van der Waals surface area (Å²) in [5.41, 5.74) is 5.94. The van der Waals surface area contributed by atoms with Crippen LogP contribution in [-0.2, 0) is 0 Å². The number of rotatable bonds is 4. The van der Waals surface area contributed by atoms with E-state index in [4.69, 9.17) is 15.9 Å². The van der Waals surface area contributed by atoms with Crippen LogP contribution >= 0.6 is 0 Å². The van der Waals surface area contributed by atoms with Crippen molar-refractivity contribution in [1.82, 2.24) is 0 Å². The number of nitrogens with zero attached hydrogens (tertiary/aromatic N) is 1. The van der Waals surface area contributed by atoms with Crippen LogP contribution in [0.2, 0.25) is 0 Å². The van der Waals surface area contributed by atoms with Crippen LogP contribution in [0.1, 0.15) is 11.1 Å². The van der Waals surface area contributed by atoms with Gasteiger partial charge in [-0.3, -0.25) is 15.5 Å². The second-order valence-electron chi connectivity index (χ2n) is 4.34. The number of halogens is 1. The van der Waals surface area contributed by atoms with E-state index < -0.39 is 16.4 Å². The minimum atomic E-state index is -0.732. The Kier molecular flexibility index (Phi) is 3.84. The average molecular weight is 289 g/mol. The van der Waals surface area contributed by atoms with Crippen molar-refractivity contribution in [3.05, 3.63) is 63.5 Å². The Morgan fingerprint density at radius 1 is 1.38 bits per heavy atom. The molecule has 0 unspecified atom stereocenters. The number of para-hydroxylation sites is 1. The number of nitrogens with two attached hydrogens (primary N) is 1. The number of hydrogen-bond donors (Lipinski definition) is 2. The van der Waals surface area contributed by atoms with Gasteiger partial charge in [-0.1, -0.05) is 12.1 Å². The molecule has 0 fully saturated rings. The van der Waals surface area contributed by atoms with Gasteiger partial charge in [0.15, 0.2) is 0 Å². The number of nitrogen functional groups attached to an aromatic ring is 1. The highest BCUT2D eigenvalue weighted by Gasteiger charge is 2.19. The summed E-state index contributed by atoms with van der Waals surface area (Å²) in [6.45, 7) is 1.72. The Bertz CT molecular complexity index is 731. The number of benzene rings is 2. The zero-order valence-corrected chi connectivity index (χ0v) is 11.1. The molecular weight excluding hydrogens is 277 g/mol. The maximum absolute atomic E-state index is 13.1. The Morgan fingerprint density at radius 2 is 2.10 bits per heavy atom. The van der Waals surface area contributed by atoms with Gasteiger partial charge in [-0.15, -0.1) is 0 Å². The lowest BCUT2D eigenvalue weighted by Gasteiger charge is -2.13. The first kappa shape index (κ1) is 14.4. The quantitative estimate of drug-likeness (QED) is 0.390. The first-order chi connectivity index (χ1) is 9.90. The lowest BCUT2D eigenvalue weighted by Crippen LogP contribution is -2.13. The van der Waals surface area contributed by atoms with Crippen LogP contribution in [0.15, 0.2) is 36.4 Å². The summed E-state index contributed by atoms with van der Waals surface area (Å²) >= 11 is 0. The molecule has 0 aliphatic heterocycles. The number of ether oxygens (including phenoxy) is 1. The Balaban J connectivity index is 2.53. The maximum Gasteiger partial charge on any atom is 0.314 e. The number of nitro groups is 1. The summed E-state index contributed by atoms with van der Waals surface area (Å²) in [6, 6.07) is 7.99. The van der Waals surface area contributed by atoms with E-state index >= 15 is 0 Å². The normalized spacial score (nSPS) is 10.2. The highest BCUT2D eigenvalue weighted by Crippen LogP contribution is 2.35. The number of amidine groups is 1. The van der Waals surface area contributed by atoms with Crippen LogP contribution in [0.25, 0.3) is 0 Å². The molecule has 0 amide bonds. The minimum Gasteiger partial charge on any atom is -0.449 e. The van der Waals surface area contributed by atoms with E-state index in [1.807, 2.05) is 0 Å². The molecule has 0 atom stereocenters. The fourth-order valence-corrected chi connectivity index (χ4v) is 1.83. The largest absolute Gasteiger partial charge is 0.449 e. The van der Waals surface area contributed by atoms with Crippen LogP contribution in [-0.4, -0.2) is 10.8 Å². The third-order valence-corrected chi connectivity index (χ3v) is 2.83. The predicted octanol–water partition coefficient (Wildman–Crippen LogP) is 3.12. The van der Waals surface area contributed by atoms with Crippen LogP contribution < -0.4 is 10.5 Å². The van der Waals surface area contributed by atoms with Crippen molar-refractivity contribution >= 4 is 11.5 Å². The molecule has 2 aromatic carbocycles. The molecule has 0 aliphatic rings. The zero-order valence-electron chi connectivity index (χ0n) is 11.1. The minimum absolute atomic E-state index is 0.113. The van der Waals surface area contributed by atoms with Gasteiger partial charge in [0.2, 0.25) is 5.75 Å². The monoisotopic (exact) mass is 289 g/mol. The number of hydrogen-bond acceptors (Lipinski definition) is 4. The fraction of sp³-hybridized carbons (Fsp3) is 0.0714. The molecule has 0 saturated carbocycles. The van der Waals surface area contributed by atoms with Crippen LogP contribution in [0.3, 0.4) is 0 Å². The van der Waals surface area contributed by atoms with E-state index in [-0.39, 0.29) is 17.3 Å². The lowest BCUT2D eigenvalue weighted by atomic mass is 10.1. The summed E-state index contributed by atoms with van der Waals surface area (Å²) in [5.74, 6) is -0.831. The molecule has 0 heterocycles. The molecule has 21 heavy (non-hydrogen) atoms. The molecule has 7 heteroatoms. The van der Waals surface area contributed by atoms with Crippen molar-refractivity contribution < 1.29 is 14.1 Å². The van der Waals surface area contributed by atoms with E-state index in [1.54, 1.807) is 25.1 Å². The summed E-state index contributed by atoms with van der Waals surface area (Å²) in [5, 5.41) is 18.5. The first-order valence-electron chi connectivity index (χ1n) is 5.96.